The van der Waals surface area contributed by atoms with Gasteiger partial charge in [-0.05, 0) is 31.2 Å². The number of hydrogen-bond donors (Lipinski definition) is 1. The predicted octanol–water partition coefficient (Wildman–Crippen LogP) is 4.05. The van der Waals surface area contributed by atoms with Crippen molar-refractivity contribution in [3.63, 3.8) is 0 Å². The number of rotatable bonds is 3. The zero-order valence-electron chi connectivity index (χ0n) is 9.91. The molecule has 1 aromatic heterocycles. The van der Waals surface area contributed by atoms with Gasteiger partial charge in [0.25, 0.3) is 0 Å². The lowest BCUT2D eigenvalue weighted by Gasteiger charge is -2.14. The van der Waals surface area contributed by atoms with Gasteiger partial charge in [0.05, 0.1) is 7.11 Å². The van der Waals surface area contributed by atoms with Crippen molar-refractivity contribution >= 4 is 27.3 Å². The molecule has 0 aliphatic carbocycles. The molecule has 2 nitrogen and oxygen atoms in total. The zero-order chi connectivity index (χ0) is 13.3. The summed E-state index contributed by atoms with van der Waals surface area (Å²) in [6, 6.07) is 6.89. The van der Waals surface area contributed by atoms with Gasteiger partial charge in [0, 0.05) is 19.8 Å². The zero-order valence-corrected chi connectivity index (χ0v) is 12.3. The topological polar surface area (TPSA) is 29.5 Å². The molecule has 1 N–H and O–H groups in total. The van der Waals surface area contributed by atoms with Gasteiger partial charge < -0.3 is 9.84 Å². The van der Waals surface area contributed by atoms with Crippen LogP contribution in [0.5, 0.6) is 5.75 Å². The Hall–Kier alpha value is -0.910. The predicted molar refractivity (Wildman–Crippen MR) is 73.8 cm³/mol. The molecule has 1 heterocycles. The smallest absolute Gasteiger partial charge is 0.172 e. The third-order valence-electron chi connectivity index (χ3n) is 2.62. The van der Waals surface area contributed by atoms with E-state index in [1.165, 1.54) is 24.5 Å². The molecule has 96 valence electrons. The van der Waals surface area contributed by atoms with Gasteiger partial charge in [-0.1, -0.05) is 15.9 Å². The number of benzene rings is 1. The molecule has 1 unspecified atom stereocenters. The first kappa shape index (κ1) is 13.5. The Balaban J connectivity index is 2.50. The minimum Gasteiger partial charge on any atom is -0.494 e. The van der Waals surface area contributed by atoms with Gasteiger partial charge in [-0.25, -0.2) is 4.39 Å². The molecule has 0 radical (unpaired) electrons. The van der Waals surface area contributed by atoms with Gasteiger partial charge in [-0.2, -0.15) is 0 Å². The highest BCUT2D eigenvalue weighted by Gasteiger charge is 2.22. The average molecular weight is 331 g/mol. The van der Waals surface area contributed by atoms with Crippen molar-refractivity contribution in [3.05, 3.63) is 49.9 Å². The number of hydrogen-bond acceptors (Lipinski definition) is 3. The first-order valence-corrected chi connectivity index (χ1v) is 6.91. The van der Waals surface area contributed by atoms with Crippen LogP contribution in [-0.4, -0.2) is 12.2 Å². The lowest BCUT2D eigenvalue weighted by Crippen LogP contribution is -2.03. The maximum Gasteiger partial charge on any atom is 0.172 e. The largest absolute Gasteiger partial charge is 0.494 e. The summed E-state index contributed by atoms with van der Waals surface area (Å²) in [4.78, 5) is 1.78. The van der Waals surface area contributed by atoms with Crippen molar-refractivity contribution in [1.29, 1.82) is 0 Å². The van der Waals surface area contributed by atoms with Crippen LogP contribution in [0.4, 0.5) is 4.39 Å². The molecule has 1 aromatic carbocycles. The third kappa shape index (κ3) is 2.43. The van der Waals surface area contributed by atoms with E-state index in [4.69, 9.17) is 4.74 Å². The maximum atomic E-state index is 14.2. The second-order valence-corrected chi connectivity index (χ2v) is 6.00. The van der Waals surface area contributed by atoms with Crippen molar-refractivity contribution < 1.29 is 14.2 Å². The van der Waals surface area contributed by atoms with E-state index >= 15 is 0 Å². The molecule has 2 aromatic rings. The first-order valence-electron chi connectivity index (χ1n) is 5.31. The molecule has 0 aliphatic heterocycles. The van der Waals surface area contributed by atoms with E-state index in [1.807, 2.05) is 13.0 Å². The molecule has 0 aliphatic rings. The van der Waals surface area contributed by atoms with Crippen LogP contribution < -0.4 is 4.74 Å². The number of aryl methyl sites for hydroxylation is 1. The van der Waals surface area contributed by atoms with Crippen molar-refractivity contribution in [2.24, 2.45) is 0 Å². The van der Waals surface area contributed by atoms with Crippen LogP contribution in [0, 0.1) is 12.7 Å². The second kappa shape index (κ2) is 5.38. The van der Waals surface area contributed by atoms with Crippen LogP contribution in [0.3, 0.4) is 0 Å². The van der Waals surface area contributed by atoms with Crippen LogP contribution in [-0.2, 0) is 0 Å². The summed E-state index contributed by atoms with van der Waals surface area (Å²) in [7, 11) is 1.40. The Morgan fingerprint density at radius 3 is 2.61 bits per heavy atom. The molecule has 0 saturated heterocycles. The van der Waals surface area contributed by atoms with Crippen molar-refractivity contribution in [2.45, 2.75) is 13.0 Å². The average Bonchev–Trinajstić information content (AvgIpc) is 2.76. The summed E-state index contributed by atoms with van der Waals surface area (Å²) >= 11 is 4.71. The SMILES string of the molecule is COc1ccc(Br)c(C(O)c2ccc(C)s2)c1F. The summed E-state index contributed by atoms with van der Waals surface area (Å²) < 4.78 is 19.6. The van der Waals surface area contributed by atoms with E-state index in [1.54, 1.807) is 12.1 Å². The maximum absolute atomic E-state index is 14.2. The van der Waals surface area contributed by atoms with Crippen molar-refractivity contribution in [2.75, 3.05) is 7.11 Å². The minimum atomic E-state index is -0.992. The number of halogens is 2. The fraction of sp³-hybridized carbons (Fsp3) is 0.231. The van der Waals surface area contributed by atoms with Gasteiger partial charge in [-0.15, -0.1) is 11.3 Å². The molecule has 1 atom stereocenters. The number of ether oxygens (including phenoxy) is 1. The van der Waals surface area contributed by atoms with E-state index in [2.05, 4.69) is 15.9 Å². The van der Waals surface area contributed by atoms with E-state index in [0.29, 0.717) is 9.35 Å². The molecule has 0 amide bonds. The highest BCUT2D eigenvalue weighted by atomic mass is 79.9. The van der Waals surface area contributed by atoms with E-state index < -0.39 is 11.9 Å². The van der Waals surface area contributed by atoms with Crippen LogP contribution in [0.25, 0.3) is 0 Å². The Bertz CT molecular complexity index is 568. The minimum absolute atomic E-state index is 0.125. The van der Waals surface area contributed by atoms with Gasteiger partial charge in [0.1, 0.15) is 6.10 Å². The number of thiophene rings is 1. The Labute approximate surface area is 117 Å². The van der Waals surface area contributed by atoms with E-state index in [0.717, 1.165) is 4.88 Å². The van der Waals surface area contributed by atoms with Crippen LogP contribution in [0.1, 0.15) is 21.4 Å². The summed E-state index contributed by atoms with van der Waals surface area (Å²) in [5.41, 5.74) is 0.205. The highest BCUT2D eigenvalue weighted by Crippen LogP contribution is 2.37. The lowest BCUT2D eigenvalue weighted by molar-refractivity contribution is 0.216. The quantitative estimate of drug-likeness (QED) is 0.919. The normalized spacial score (nSPS) is 12.5. The van der Waals surface area contributed by atoms with Gasteiger partial charge in [-0.3, -0.25) is 0 Å². The van der Waals surface area contributed by atoms with Gasteiger partial charge >= 0.3 is 0 Å². The van der Waals surface area contributed by atoms with Gasteiger partial charge in [0.2, 0.25) is 0 Å². The third-order valence-corrected chi connectivity index (χ3v) is 4.36. The highest BCUT2D eigenvalue weighted by molar-refractivity contribution is 9.10. The summed E-state index contributed by atoms with van der Waals surface area (Å²) in [5.74, 6) is -0.411. The second-order valence-electron chi connectivity index (χ2n) is 3.83. The fourth-order valence-electron chi connectivity index (χ4n) is 1.70. The Kier molecular flexibility index (Phi) is 4.04. The summed E-state index contributed by atoms with van der Waals surface area (Å²) in [6.45, 7) is 1.94. The Morgan fingerprint density at radius 2 is 2.06 bits per heavy atom. The monoisotopic (exact) mass is 330 g/mol. The molecule has 2 rings (SSSR count). The first-order chi connectivity index (χ1) is 8.54. The van der Waals surface area contributed by atoms with E-state index in [-0.39, 0.29) is 11.3 Å². The van der Waals surface area contributed by atoms with Crippen LogP contribution in [0.2, 0.25) is 0 Å². The lowest BCUT2D eigenvalue weighted by atomic mass is 10.1. The van der Waals surface area contributed by atoms with E-state index in [9.17, 15) is 9.50 Å². The van der Waals surface area contributed by atoms with Crippen LogP contribution >= 0.6 is 27.3 Å². The summed E-state index contributed by atoms with van der Waals surface area (Å²) in [6.07, 6.45) is -0.992. The fourth-order valence-corrected chi connectivity index (χ4v) is 3.10. The number of aliphatic hydroxyl groups is 1. The standard InChI is InChI=1S/C13H12BrFO2S/c1-7-3-6-10(18-7)13(16)11-8(14)4-5-9(17-2)12(11)15/h3-6,13,16H,1-2H3. The molecule has 0 bridgehead atoms. The van der Waals surface area contributed by atoms with Crippen molar-refractivity contribution in [1.82, 2.24) is 0 Å². The molecule has 0 saturated carbocycles. The Morgan fingerprint density at radius 1 is 1.33 bits per heavy atom. The van der Waals surface area contributed by atoms with Crippen molar-refractivity contribution in [3.8, 4) is 5.75 Å². The molecular weight excluding hydrogens is 319 g/mol. The molecule has 18 heavy (non-hydrogen) atoms. The molecule has 0 fully saturated rings. The van der Waals surface area contributed by atoms with Crippen LogP contribution in [0.15, 0.2) is 28.7 Å². The number of aliphatic hydroxyl groups excluding tert-OH is 1. The number of methoxy groups -OCH3 is 1. The summed E-state index contributed by atoms with van der Waals surface area (Å²) in [5, 5.41) is 10.3. The van der Waals surface area contributed by atoms with Gasteiger partial charge in [0.15, 0.2) is 11.6 Å². The molecular formula is C13H12BrFO2S. The molecule has 0 spiro atoms. The molecule has 5 heteroatoms.